The van der Waals surface area contributed by atoms with Crippen LogP contribution in [0.4, 0.5) is 4.79 Å². The van der Waals surface area contributed by atoms with E-state index in [4.69, 9.17) is 9.05 Å². The summed E-state index contributed by atoms with van der Waals surface area (Å²) < 4.78 is 10.3. The van der Waals surface area contributed by atoms with Crippen LogP contribution >= 0.6 is 0 Å². The first-order valence-corrected chi connectivity index (χ1v) is 8.31. The Morgan fingerprint density at radius 1 is 1.20 bits per heavy atom. The van der Waals surface area contributed by atoms with E-state index in [0.29, 0.717) is 36.4 Å². The smallest absolute Gasteiger partial charge is 0.317 e. The van der Waals surface area contributed by atoms with Crippen molar-refractivity contribution in [3.05, 3.63) is 23.4 Å². The first-order valence-electron chi connectivity index (χ1n) is 8.31. The molecule has 2 rings (SSSR count). The van der Waals surface area contributed by atoms with E-state index in [0.717, 1.165) is 0 Å². The molecule has 2 amide bonds. The van der Waals surface area contributed by atoms with Crippen LogP contribution in [0.2, 0.25) is 0 Å². The van der Waals surface area contributed by atoms with Crippen LogP contribution in [-0.2, 0) is 18.4 Å². The van der Waals surface area contributed by atoms with Gasteiger partial charge in [0.25, 0.3) is 0 Å². The second-order valence-electron chi connectivity index (χ2n) is 7.30. The van der Waals surface area contributed by atoms with E-state index in [1.807, 2.05) is 34.6 Å². The first-order chi connectivity index (χ1) is 11.7. The van der Waals surface area contributed by atoms with Gasteiger partial charge in [-0.15, -0.1) is 0 Å². The summed E-state index contributed by atoms with van der Waals surface area (Å²) in [6.07, 6.45) is 0.523. The van der Waals surface area contributed by atoms with Crippen molar-refractivity contribution in [2.24, 2.45) is 0 Å². The summed E-state index contributed by atoms with van der Waals surface area (Å²) in [6.45, 7) is 10.6. The maximum atomic E-state index is 12.1. The zero-order valence-corrected chi connectivity index (χ0v) is 15.7. The average molecular weight is 350 g/mol. The number of urea groups is 1. The zero-order valence-electron chi connectivity index (χ0n) is 15.7. The van der Waals surface area contributed by atoms with Gasteiger partial charge in [-0.25, -0.2) is 4.79 Å². The second-order valence-corrected chi connectivity index (χ2v) is 7.30. The predicted molar refractivity (Wildman–Crippen MR) is 90.0 cm³/mol. The minimum Gasteiger partial charge on any atom is -0.339 e. The maximum Gasteiger partial charge on any atom is 0.317 e. The van der Waals surface area contributed by atoms with E-state index >= 15 is 0 Å². The fraction of sp³-hybridized carbons (Fsp3) is 0.688. The fourth-order valence-corrected chi connectivity index (χ4v) is 1.89. The monoisotopic (exact) mass is 350 g/mol. The first kappa shape index (κ1) is 18.9. The Labute approximate surface area is 147 Å². The van der Waals surface area contributed by atoms with E-state index in [9.17, 15) is 4.79 Å². The Bertz CT molecular complexity index is 701. The minimum atomic E-state index is -0.233. The highest BCUT2D eigenvalue weighted by Gasteiger charge is 2.21. The van der Waals surface area contributed by atoms with E-state index in [2.05, 4.69) is 25.6 Å². The molecule has 138 valence electrons. The van der Waals surface area contributed by atoms with Gasteiger partial charge in [-0.2, -0.15) is 9.97 Å². The summed E-state index contributed by atoms with van der Waals surface area (Å²) in [5, 5.41) is 10.6. The number of rotatable bonds is 6. The molecule has 0 spiro atoms. The molecule has 1 N–H and O–H groups in total. The molecule has 2 heterocycles. The van der Waals surface area contributed by atoms with Gasteiger partial charge in [0.05, 0.1) is 6.54 Å². The Balaban J connectivity index is 1.79. The van der Waals surface area contributed by atoms with Gasteiger partial charge in [0, 0.05) is 31.3 Å². The summed E-state index contributed by atoms with van der Waals surface area (Å²) in [5.74, 6) is 2.38. The highest BCUT2D eigenvalue weighted by Crippen LogP contribution is 2.18. The van der Waals surface area contributed by atoms with Gasteiger partial charge in [-0.3, -0.25) is 0 Å². The van der Waals surface area contributed by atoms with Crippen molar-refractivity contribution in [3.63, 3.8) is 0 Å². The normalized spacial score (nSPS) is 11.8. The molecule has 0 aliphatic carbocycles. The summed E-state index contributed by atoms with van der Waals surface area (Å²) in [7, 11) is 1.70. The lowest BCUT2D eigenvalue weighted by Crippen LogP contribution is -2.38. The molecule has 0 saturated heterocycles. The standard InChI is InChI=1S/C16H26N6O3/c1-10(2)13-18-11(20-25-13)7-8-22(6)15(23)17-9-12-19-14(21-24-12)16(3,4)5/h10H,7-9H2,1-6H3,(H,17,23). The summed E-state index contributed by atoms with van der Waals surface area (Å²) in [4.78, 5) is 22.2. The average Bonchev–Trinajstić information content (AvgIpc) is 3.18. The largest absolute Gasteiger partial charge is 0.339 e. The Kier molecular flexibility index (Phi) is 5.76. The highest BCUT2D eigenvalue weighted by atomic mass is 16.5. The molecule has 0 bridgehead atoms. The van der Waals surface area contributed by atoms with Crippen LogP contribution in [0.1, 0.15) is 64.0 Å². The number of hydrogen-bond acceptors (Lipinski definition) is 7. The molecule has 2 aromatic heterocycles. The predicted octanol–water partition coefficient (Wildman–Crippen LogP) is 2.26. The van der Waals surface area contributed by atoms with E-state index in [1.165, 1.54) is 0 Å². The number of amides is 2. The van der Waals surface area contributed by atoms with Crippen LogP contribution in [0.25, 0.3) is 0 Å². The molecular weight excluding hydrogens is 324 g/mol. The van der Waals surface area contributed by atoms with Gasteiger partial charge in [0.15, 0.2) is 11.6 Å². The molecule has 0 aliphatic heterocycles. The molecule has 2 aromatic rings. The van der Waals surface area contributed by atoms with Gasteiger partial charge in [0.2, 0.25) is 11.8 Å². The number of nitrogens with zero attached hydrogens (tertiary/aromatic N) is 5. The third-order valence-electron chi connectivity index (χ3n) is 3.52. The molecule has 9 nitrogen and oxygen atoms in total. The van der Waals surface area contributed by atoms with E-state index in [-0.39, 0.29) is 23.9 Å². The van der Waals surface area contributed by atoms with Gasteiger partial charge >= 0.3 is 6.03 Å². The zero-order chi connectivity index (χ0) is 18.6. The van der Waals surface area contributed by atoms with Crippen LogP contribution < -0.4 is 5.32 Å². The van der Waals surface area contributed by atoms with Gasteiger partial charge < -0.3 is 19.3 Å². The Morgan fingerprint density at radius 3 is 2.48 bits per heavy atom. The maximum absolute atomic E-state index is 12.1. The molecule has 0 aromatic carbocycles. The molecule has 0 aliphatic rings. The quantitative estimate of drug-likeness (QED) is 0.850. The molecule has 0 radical (unpaired) electrons. The number of aromatic nitrogens is 4. The molecule has 9 heteroatoms. The third-order valence-corrected chi connectivity index (χ3v) is 3.52. The van der Waals surface area contributed by atoms with Crippen molar-refractivity contribution in [2.45, 2.75) is 58.9 Å². The van der Waals surface area contributed by atoms with Crippen molar-refractivity contribution in [2.75, 3.05) is 13.6 Å². The number of carbonyl (C=O) groups is 1. The second kappa shape index (κ2) is 7.62. The van der Waals surface area contributed by atoms with Crippen LogP contribution in [0.15, 0.2) is 9.05 Å². The van der Waals surface area contributed by atoms with Crippen molar-refractivity contribution < 1.29 is 13.8 Å². The molecule has 0 atom stereocenters. The Hall–Kier alpha value is -2.45. The topological polar surface area (TPSA) is 110 Å². The number of hydrogen-bond donors (Lipinski definition) is 1. The molecule has 25 heavy (non-hydrogen) atoms. The van der Waals surface area contributed by atoms with Gasteiger partial charge in [0.1, 0.15) is 0 Å². The Morgan fingerprint density at radius 2 is 1.92 bits per heavy atom. The van der Waals surface area contributed by atoms with Crippen molar-refractivity contribution >= 4 is 6.03 Å². The molecule has 0 unspecified atom stereocenters. The number of carbonyl (C=O) groups excluding carboxylic acids is 1. The molecular formula is C16H26N6O3. The summed E-state index contributed by atoms with van der Waals surface area (Å²) >= 11 is 0. The van der Waals surface area contributed by atoms with Crippen LogP contribution in [0.3, 0.4) is 0 Å². The van der Waals surface area contributed by atoms with E-state index < -0.39 is 0 Å². The lowest BCUT2D eigenvalue weighted by atomic mass is 9.96. The lowest BCUT2D eigenvalue weighted by molar-refractivity contribution is 0.206. The number of likely N-dealkylation sites (N-methyl/N-ethyl adjacent to an activating group) is 1. The minimum absolute atomic E-state index is 0.186. The van der Waals surface area contributed by atoms with Crippen molar-refractivity contribution in [1.29, 1.82) is 0 Å². The van der Waals surface area contributed by atoms with Crippen molar-refractivity contribution in [3.8, 4) is 0 Å². The third kappa shape index (κ3) is 5.27. The van der Waals surface area contributed by atoms with Crippen LogP contribution in [0.5, 0.6) is 0 Å². The molecule has 0 fully saturated rings. The van der Waals surface area contributed by atoms with Gasteiger partial charge in [-0.1, -0.05) is 44.9 Å². The fourth-order valence-electron chi connectivity index (χ4n) is 1.89. The van der Waals surface area contributed by atoms with Crippen LogP contribution in [0, 0.1) is 0 Å². The SMILES string of the molecule is CC(C)c1nc(CCN(C)C(=O)NCc2nc(C(C)(C)C)no2)no1. The lowest BCUT2D eigenvalue weighted by Gasteiger charge is -2.16. The molecule has 0 saturated carbocycles. The summed E-state index contributed by atoms with van der Waals surface area (Å²) in [6, 6.07) is -0.233. The highest BCUT2D eigenvalue weighted by molar-refractivity contribution is 5.73. The summed E-state index contributed by atoms with van der Waals surface area (Å²) in [5.41, 5.74) is -0.192. The van der Waals surface area contributed by atoms with E-state index in [1.54, 1.807) is 11.9 Å². The van der Waals surface area contributed by atoms with Crippen LogP contribution in [-0.4, -0.2) is 44.8 Å². The van der Waals surface area contributed by atoms with Gasteiger partial charge in [-0.05, 0) is 0 Å². The van der Waals surface area contributed by atoms with Crippen molar-refractivity contribution in [1.82, 2.24) is 30.5 Å². The number of nitrogens with one attached hydrogen (secondary N) is 1.